The van der Waals surface area contributed by atoms with Crippen molar-refractivity contribution < 1.29 is 9.84 Å². The number of halogens is 2. The van der Waals surface area contributed by atoms with Gasteiger partial charge in [0.05, 0.1) is 34.5 Å². The number of aliphatic hydroxyl groups excluding tert-OH is 1. The summed E-state index contributed by atoms with van der Waals surface area (Å²) in [5, 5.41) is 13.5. The van der Waals surface area contributed by atoms with Gasteiger partial charge in [0.2, 0.25) is 0 Å². The highest BCUT2D eigenvalue weighted by Gasteiger charge is 2.19. The average molecular weight is 532 g/mol. The maximum Gasteiger partial charge on any atom is 0.119 e. The molecule has 0 bridgehead atoms. The van der Waals surface area contributed by atoms with Crippen LogP contribution >= 0.6 is 23.2 Å². The van der Waals surface area contributed by atoms with Gasteiger partial charge >= 0.3 is 0 Å². The SMILES string of the molecule is CCCCCCN(CCCCCC)CC(O)c1cc(-c2ccc(Cl)c(Cl)c2)nc2ccc(OC)cc12. The van der Waals surface area contributed by atoms with Crippen LogP contribution in [0.4, 0.5) is 0 Å². The maximum absolute atomic E-state index is 11.6. The largest absolute Gasteiger partial charge is 0.497 e. The molecular weight excluding hydrogens is 491 g/mol. The van der Waals surface area contributed by atoms with Gasteiger partial charge in [0, 0.05) is 17.5 Å². The number of ether oxygens (including phenoxy) is 1. The molecule has 0 amide bonds. The van der Waals surface area contributed by atoms with E-state index in [1.807, 2.05) is 36.4 Å². The molecule has 4 nitrogen and oxygen atoms in total. The van der Waals surface area contributed by atoms with Gasteiger partial charge in [-0.15, -0.1) is 0 Å². The first kappa shape index (κ1) is 28.7. The highest BCUT2D eigenvalue weighted by atomic mass is 35.5. The fourth-order valence-electron chi connectivity index (χ4n) is 4.60. The molecule has 3 aromatic rings. The lowest BCUT2D eigenvalue weighted by atomic mass is 9.99. The molecular formula is C30H40Cl2N2O2. The number of pyridine rings is 1. The summed E-state index contributed by atoms with van der Waals surface area (Å²) in [6, 6.07) is 13.3. The van der Waals surface area contributed by atoms with Crippen molar-refractivity contribution in [2.75, 3.05) is 26.7 Å². The van der Waals surface area contributed by atoms with Crippen molar-refractivity contribution >= 4 is 34.1 Å². The zero-order valence-corrected chi connectivity index (χ0v) is 23.4. The van der Waals surface area contributed by atoms with Gasteiger partial charge in [0.1, 0.15) is 5.75 Å². The third-order valence-corrected chi connectivity index (χ3v) is 7.45. The van der Waals surface area contributed by atoms with E-state index in [9.17, 15) is 5.11 Å². The second-order valence-electron chi connectivity index (χ2n) is 9.55. The topological polar surface area (TPSA) is 45.6 Å². The number of aliphatic hydroxyl groups is 1. The van der Waals surface area contributed by atoms with Crippen LogP contribution in [0.2, 0.25) is 10.0 Å². The Hall–Kier alpha value is -1.85. The third kappa shape index (κ3) is 8.08. The number of hydrogen-bond donors (Lipinski definition) is 1. The standard InChI is InChI=1S/C30H40Cl2N2O2/c1-4-6-8-10-16-34(17-11-9-7-5-2)21-30(35)25-20-29(22-12-14-26(31)27(32)18-22)33-28-15-13-23(36-3)19-24(25)28/h12-15,18-20,30,35H,4-11,16-17,21H2,1-3H3. The number of aromatic nitrogens is 1. The first-order valence-electron chi connectivity index (χ1n) is 13.3. The van der Waals surface area contributed by atoms with Gasteiger partial charge in [-0.2, -0.15) is 0 Å². The van der Waals surface area contributed by atoms with Gasteiger partial charge in [-0.05, 0) is 67.9 Å². The second kappa shape index (κ2) is 14.8. The van der Waals surface area contributed by atoms with Crippen molar-refractivity contribution in [3.63, 3.8) is 0 Å². The number of fused-ring (bicyclic) bond motifs is 1. The van der Waals surface area contributed by atoms with E-state index in [1.165, 1.54) is 38.5 Å². The number of unbranched alkanes of at least 4 members (excludes halogenated alkanes) is 6. The van der Waals surface area contributed by atoms with Gasteiger partial charge in [-0.3, -0.25) is 0 Å². The maximum atomic E-state index is 11.6. The molecule has 196 valence electrons. The van der Waals surface area contributed by atoms with Gasteiger partial charge in [-0.25, -0.2) is 4.98 Å². The van der Waals surface area contributed by atoms with Gasteiger partial charge in [-0.1, -0.05) is 81.6 Å². The van der Waals surface area contributed by atoms with Gasteiger partial charge in [0.15, 0.2) is 0 Å². The second-order valence-corrected chi connectivity index (χ2v) is 10.4. The molecule has 0 aliphatic carbocycles. The van der Waals surface area contributed by atoms with Crippen LogP contribution in [0.15, 0.2) is 42.5 Å². The summed E-state index contributed by atoms with van der Waals surface area (Å²) in [7, 11) is 1.66. The number of methoxy groups -OCH3 is 1. The Bertz CT molecular complexity index is 1090. The number of rotatable bonds is 15. The molecule has 36 heavy (non-hydrogen) atoms. The highest BCUT2D eigenvalue weighted by Crippen LogP contribution is 2.34. The molecule has 1 heterocycles. The number of benzene rings is 2. The van der Waals surface area contributed by atoms with Gasteiger partial charge < -0.3 is 14.7 Å². The van der Waals surface area contributed by atoms with Crippen LogP contribution in [0.3, 0.4) is 0 Å². The monoisotopic (exact) mass is 530 g/mol. The Kier molecular flexibility index (Phi) is 11.8. The van der Waals surface area contributed by atoms with Crippen LogP contribution in [0.5, 0.6) is 5.75 Å². The molecule has 0 fully saturated rings. The van der Waals surface area contributed by atoms with Gasteiger partial charge in [0.25, 0.3) is 0 Å². The summed E-state index contributed by atoms with van der Waals surface area (Å²) >= 11 is 12.4. The van der Waals surface area contributed by atoms with Crippen LogP contribution in [0, 0.1) is 0 Å². The minimum absolute atomic E-state index is 0.484. The molecule has 0 spiro atoms. The summed E-state index contributed by atoms with van der Waals surface area (Å²) in [4.78, 5) is 7.30. The van der Waals surface area contributed by atoms with Crippen LogP contribution in [-0.4, -0.2) is 41.7 Å². The van der Waals surface area contributed by atoms with Crippen LogP contribution in [0.25, 0.3) is 22.2 Å². The van der Waals surface area contributed by atoms with E-state index in [-0.39, 0.29) is 0 Å². The Morgan fingerprint density at radius 2 is 1.56 bits per heavy atom. The minimum Gasteiger partial charge on any atom is -0.497 e. The van der Waals surface area contributed by atoms with E-state index in [4.69, 9.17) is 32.9 Å². The summed E-state index contributed by atoms with van der Waals surface area (Å²) in [5.74, 6) is 0.746. The normalized spacial score (nSPS) is 12.4. The molecule has 1 atom stereocenters. The summed E-state index contributed by atoms with van der Waals surface area (Å²) in [5.41, 5.74) is 3.29. The smallest absolute Gasteiger partial charge is 0.119 e. The predicted octanol–water partition coefficient (Wildman–Crippen LogP) is 8.71. The summed E-state index contributed by atoms with van der Waals surface area (Å²) in [6.45, 7) is 7.08. The molecule has 0 radical (unpaired) electrons. The molecule has 1 unspecified atom stereocenters. The molecule has 0 saturated heterocycles. The Morgan fingerprint density at radius 3 is 2.17 bits per heavy atom. The van der Waals surface area contributed by atoms with Crippen LogP contribution < -0.4 is 4.74 Å². The quantitative estimate of drug-likeness (QED) is 0.199. The van der Waals surface area contributed by atoms with E-state index in [0.717, 1.165) is 59.4 Å². The van der Waals surface area contributed by atoms with Crippen molar-refractivity contribution in [3.05, 3.63) is 58.1 Å². The highest BCUT2D eigenvalue weighted by molar-refractivity contribution is 6.42. The first-order chi connectivity index (χ1) is 17.5. The molecule has 0 aliphatic rings. The van der Waals surface area contributed by atoms with E-state index < -0.39 is 6.10 Å². The van der Waals surface area contributed by atoms with E-state index in [0.29, 0.717) is 16.6 Å². The Morgan fingerprint density at radius 1 is 0.861 bits per heavy atom. The van der Waals surface area contributed by atoms with Crippen molar-refractivity contribution in [1.29, 1.82) is 0 Å². The van der Waals surface area contributed by atoms with E-state index in [1.54, 1.807) is 13.2 Å². The molecule has 1 aromatic heterocycles. The Balaban J connectivity index is 1.92. The van der Waals surface area contributed by atoms with Crippen molar-refractivity contribution in [2.45, 2.75) is 71.3 Å². The molecule has 6 heteroatoms. The van der Waals surface area contributed by atoms with Crippen LogP contribution in [-0.2, 0) is 0 Å². The summed E-state index contributed by atoms with van der Waals surface area (Å²) in [6.07, 6.45) is 9.09. The molecule has 2 aromatic carbocycles. The lowest BCUT2D eigenvalue weighted by Gasteiger charge is -2.26. The molecule has 1 N–H and O–H groups in total. The number of nitrogens with zero attached hydrogens (tertiary/aromatic N) is 2. The van der Waals surface area contributed by atoms with Crippen molar-refractivity contribution in [3.8, 4) is 17.0 Å². The lowest BCUT2D eigenvalue weighted by molar-refractivity contribution is 0.111. The fraction of sp³-hybridized carbons (Fsp3) is 0.500. The van der Waals surface area contributed by atoms with Crippen LogP contribution in [0.1, 0.15) is 76.9 Å². The first-order valence-corrected chi connectivity index (χ1v) is 14.1. The number of hydrogen-bond acceptors (Lipinski definition) is 4. The fourth-order valence-corrected chi connectivity index (χ4v) is 4.90. The minimum atomic E-state index is -0.651. The molecule has 0 saturated carbocycles. The summed E-state index contributed by atoms with van der Waals surface area (Å²) < 4.78 is 5.48. The lowest BCUT2D eigenvalue weighted by Crippen LogP contribution is -2.31. The predicted molar refractivity (Wildman–Crippen MR) is 153 cm³/mol. The molecule has 3 rings (SSSR count). The molecule has 0 aliphatic heterocycles. The van der Waals surface area contributed by atoms with E-state index >= 15 is 0 Å². The van der Waals surface area contributed by atoms with E-state index in [2.05, 4.69) is 18.7 Å². The van der Waals surface area contributed by atoms with Crippen molar-refractivity contribution in [2.24, 2.45) is 0 Å². The zero-order valence-electron chi connectivity index (χ0n) is 21.9. The average Bonchev–Trinajstić information content (AvgIpc) is 2.89. The van der Waals surface area contributed by atoms with Crippen molar-refractivity contribution in [1.82, 2.24) is 9.88 Å². The zero-order chi connectivity index (χ0) is 25.9. The third-order valence-electron chi connectivity index (χ3n) is 6.71. The Labute approximate surface area is 226 Å².